The monoisotopic (exact) mass is 315 g/mol. The van der Waals surface area contributed by atoms with Crippen molar-refractivity contribution in [1.29, 1.82) is 0 Å². The van der Waals surface area contributed by atoms with Gasteiger partial charge in [-0.05, 0) is 30.2 Å². The average Bonchev–Trinajstić information content (AvgIpc) is 2.55. The average molecular weight is 315 g/mol. The molecule has 5 nitrogen and oxygen atoms in total. The molecule has 23 heavy (non-hydrogen) atoms. The van der Waals surface area contributed by atoms with Crippen molar-refractivity contribution in [2.24, 2.45) is 0 Å². The van der Waals surface area contributed by atoms with Gasteiger partial charge in [-0.3, -0.25) is 4.79 Å². The topological polar surface area (TPSA) is 70.2 Å². The van der Waals surface area contributed by atoms with Gasteiger partial charge < -0.3 is 16.0 Å². The van der Waals surface area contributed by atoms with E-state index >= 15 is 0 Å². The van der Waals surface area contributed by atoms with Crippen LogP contribution in [0.3, 0.4) is 0 Å². The van der Waals surface area contributed by atoms with Crippen molar-refractivity contribution < 1.29 is 14.0 Å². The van der Waals surface area contributed by atoms with E-state index in [4.69, 9.17) is 0 Å². The predicted octanol–water partition coefficient (Wildman–Crippen LogP) is 3.15. The number of amides is 3. The minimum absolute atomic E-state index is 0.0797. The number of halogens is 1. The van der Waals surface area contributed by atoms with Gasteiger partial charge in [-0.25, -0.2) is 9.18 Å². The summed E-state index contributed by atoms with van der Waals surface area (Å²) < 4.78 is 13.4. The van der Waals surface area contributed by atoms with E-state index in [2.05, 4.69) is 16.0 Å². The molecule has 0 spiro atoms. The summed E-state index contributed by atoms with van der Waals surface area (Å²) in [5.41, 5.74) is 1.77. The first-order valence-corrected chi connectivity index (χ1v) is 7.27. The summed E-state index contributed by atoms with van der Waals surface area (Å²) in [5, 5.41) is 7.52. The van der Waals surface area contributed by atoms with Gasteiger partial charge in [-0.15, -0.1) is 0 Å². The molecule has 6 heteroatoms. The molecule has 120 valence electrons. The fourth-order valence-electron chi connectivity index (χ4n) is 2.03. The quantitative estimate of drug-likeness (QED) is 0.793. The lowest BCUT2D eigenvalue weighted by atomic mass is 10.1. The number of aryl methyl sites for hydroxylation is 1. The summed E-state index contributed by atoms with van der Waals surface area (Å²) in [7, 11) is 0. The number of carbonyl (C=O) groups excluding carboxylic acids is 2. The predicted molar refractivity (Wildman–Crippen MR) is 87.9 cm³/mol. The molecule has 0 aliphatic carbocycles. The van der Waals surface area contributed by atoms with Crippen LogP contribution >= 0.6 is 0 Å². The number of anilines is 2. The highest BCUT2D eigenvalue weighted by atomic mass is 19.1. The molecular weight excluding hydrogens is 297 g/mol. The van der Waals surface area contributed by atoms with Gasteiger partial charge in [0.2, 0.25) is 5.91 Å². The molecule has 0 atom stereocenters. The van der Waals surface area contributed by atoms with Crippen molar-refractivity contribution in [3.8, 4) is 0 Å². The molecule has 0 saturated carbocycles. The Morgan fingerprint density at radius 2 is 1.61 bits per heavy atom. The number of rotatable bonds is 5. The highest BCUT2D eigenvalue weighted by Gasteiger charge is 2.09. The van der Waals surface area contributed by atoms with E-state index in [1.807, 2.05) is 25.1 Å². The van der Waals surface area contributed by atoms with Crippen LogP contribution < -0.4 is 16.0 Å². The lowest BCUT2D eigenvalue weighted by Gasteiger charge is -2.11. The lowest BCUT2D eigenvalue weighted by Crippen LogP contribution is -2.36. The summed E-state index contributed by atoms with van der Waals surface area (Å²) in [6.45, 7) is 1.73. The molecule has 0 bridgehead atoms. The SMILES string of the molecule is CCc1ccccc1NC(=O)NCC(=O)Nc1ccccc1F. The van der Waals surface area contributed by atoms with Crippen LogP contribution in [0.4, 0.5) is 20.6 Å². The Kier molecular flexibility index (Phi) is 5.68. The van der Waals surface area contributed by atoms with E-state index in [1.165, 1.54) is 18.2 Å². The van der Waals surface area contributed by atoms with Gasteiger partial charge in [0.1, 0.15) is 5.82 Å². The molecule has 3 amide bonds. The van der Waals surface area contributed by atoms with E-state index in [9.17, 15) is 14.0 Å². The third-order valence-corrected chi connectivity index (χ3v) is 3.20. The third kappa shape index (κ3) is 4.81. The lowest BCUT2D eigenvalue weighted by molar-refractivity contribution is -0.115. The highest BCUT2D eigenvalue weighted by Crippen LogP contribution is 2.15. The number of hydrogen-bond acceptors (Lipinski definition) is 2. The zero-order chi connectivity index (χ0) is 16.7. The standard InChI is InChI=1S/C17H18FN3O2/c1-2-12-7-3-5-9-14(12)21-17(23)19-11-16(22)20-15-10-6-4-8-13(15)18/h3-10H,2,11H2,1H3,(H,20,22)(H2,19,21,23). The van der Waals surface area contributed by atoms with Crippen LogP contribution in [0.1, 0.15) is 12.5 Å². The fourth-order valence-corrected chi connectivity index (χ4v) is 2.03. The Labute approximate surface area is 133 Å². The van der Waals surface area contributed by atoms with E-state index in [0.717, 1.165) is 12.0 Å². The van der Waals surface area contributed by atoms with E-state index in [-0.39, 0.29) is 12.2 Å². The summed E-state index contributed by atoms with van der Waals surface area (Å²) in [6.07, 6.45) is 0.782. The molecule has 0 fully saturated rings. The van der Waals surface area contributed by atoms with Crippen LogP contribution in [0, 0.1) is 5.82 Å². The first kappa shape index (κ1) is 16.5. The molecule has 0 radical (unpaired) electrons. The molecule has 0 heterocycles. The number of carbonyl (C=O) groups is 2. The zero-order valence-corrected chi connectivity index (χ0v) is 12.7. The summed E-state index contributed by atoms with van der Waals surface area (Å²) >= 11 is 0. The first-order chi connectivity index (χ1) is 11.1. The highest BCUT2D eigenvalue weighted by molar-refractivity contribution is 5.97. The zero-order valence-electron chi connectivity index (χ0n) is 12.7. The minimum Gasteiger partial charge on any atom is -0.329 e. The molecular formula is C17H18FN3O2. The molecule has 0 aliphatic rings. The van der Waals surface area contributed by atoms with Crippen LogP contribution in [-0.2, 0) is 11.2 Å². The van der Waals surface area contributed by atoms with Gasteiger partial charge in [0, 0.05) is 5.69 Å². The van der Waals surface area contributed by atoms with Crippen molar-refractivity contribution >= 4 is 23.3 Å². The van der Waals surface area contributed by atoms with Gasteiger partial charge in [0.15, 0.2) is 0 Å². The molecule has 2 aromatic carbocycles. The molecule has 0 aromatic heterocycles. The van der Waals surface area contributed by atoms with Gasteiger partial charge >= 0.3 is 6.03 Å². The van der Waals surface area contributed by atoms with Gasteiger partial charge in [-0.1, -0.05) is 37.3 Å². The largest absolute Gasteiger partial charge is 0.329 e. The van der Waals surface area contributed by atoms with Crippen LogP contribution in [0.2, 0.25) is 0 Å². The van der Waals surface area contributed by atoms with Gasteiger partial charge in [0.25, 0.3) is 0 Å². The number of nitrogens with one attached hydrogen (secondary N) is 3. The van der Waals surface area contributed by atoms with Crippen molar-refractivity contribution in [2.45, 2.75) is 13.3 Å². The normalized spacial score (nSPS) is 10.0. The second-order valence-corrected chi connectivity index (χ2v) is 4.85. The van der Waals surface area contributed by atoms with Crippen LogP contribution in [0.25, 0.3) is 0 Å². The molecule has 2 rings (SSSR count). The van der Waals surface area contributed by atoms with E-state index in [1.54, 1.807) is 12.1 Å². The Morgan fingerprint density at radius 1 is 0.957 bits per heavy atom. The van der Waals surface area contributed by atoms with Crippen molar-refractivity contribution in [3.63, 3.8) is 0 Å². The summed E-state index contributed by atoms with van der Waals surface area (Å²) in [6, 6.07) is 12.8. The number of benzene rings is 2. The number of para-hydroxylation sites is 2. The number of hydrogen-bond donors (Lipinski definition) is 3. The molecule has 0 aliphatic heterocycles. The fraction of sp³-hybridized carbons (Fsp3) is 0.176. The maximum Gasteiger partial charge on any atom is 0.319 e. The Hall–Kier alpha value is -2.89. The maximum absolute atomic E-state index is 13.4. The van der Waals surface area contributed by atoms with Crippen molar-refractivity contribution in [3.05, 3.63) is 59.9 Å². The third-order valence-electron chi connectivity index (χ3n) is 3.20. The van der Waals surface area contributed by atoms with E-state index < -0.39 is 17.8 Å². The smallest absolute Gasteiger partial charge is 0.319 e. The second-order valence-electron chi connectivity index (χ2n) is 4.85. The Morgan fingerprint density at radius 3 is 2.30 bits per heavy atom. The van der Waals surface area contributed by atoms with Crippen LogP contribution in [0.15, 0.2) is 48.5 Å². The summed E-state index contributed by atoms with van der Waals surface area (Å²) in [4.78, 5) is 23.6. The Balaban J connectivity index is 1.84. The van der Waals surface area contributed by atoms with Crippen molar-refractivity contribution in [2.75, 3.05) is 17.2 Å². The molecule has 3 N–H and O–H groups in total. The number of urea groups is 1. The molecule has 0 saturated heterocycles. The van der Waals surface area contributed by atoms with Crippen LogP contribution in [-0.4, -0.2) is 18.5 Å². The Bertz CT molecular complexity index is 704. The van der Waals surface area contributed by atoms with Gasteiger partial charge in [-0.2, -0.15) is 0 Å². The molecule has 0 unspecified atom stereocenters. The first-order valence-electron chi connectivity index (χ1n) is 7.27. The second kappa shape index (κ2) is 7.93. The van der Waals surface area contributed by atoms with Crippen LogP contribution in [0.5, 0.6) is 0 Å². The van der Waals surface area contributed by atoms with Gasteiger partial charge in [0.05, 0.1) is 12.2 Å². The maximum atomic E-state index is 13.4. The summed E-state index contributed by atoms with van der Waals surface area (Å²) in [5.74, 6) is -1.03. The molecule has 2 aromatic rings. The van der Waals surface area contributed by atoms with Crippen molar-refractivity contribution in [1.82, 2.24) is 5.32 Å². The van der Waals surface area contributed by atoms with E-state index in [0.29, 0.717) is 5.69 Å². The minimum atomic E-state index is -0.526.